The number of carboxylic acid groups (broad SMARTS) is 1. The number of H-pyrrole nitrogens is 1. The standard InChI is InChI=1S/C37H39N7O5/c1-49-22-33-42-34(44-43-33)25-14-16-28(17-15-25)40-36(46)32(41-35(45)26-12-10-23(11-13-26)21-39-37(47)48)20-24-5-2-6-27(19-24)29-7-3-9-31-30(29)8-4-18-38-31/h2-9,14-19,23,26,32,39H,10-13,20-22H2,1H3,(H,40,46)(H,41,45)(H,47,48)(H,42,43,44)/t23?,26?,32-/m0/s1. The molecule has 49 heavy (non-hydrogen) atoms. The first-order chi connectivity index (χ1) is 23.9. The molecule has 0 aliphatic heterocycles. The fourth-order valence-corrected chi connectivity index (χ4v) is 6.37. The number of hydrogen-bond donors (Lipinski definition) is 5. The van der Waals surface area contributed by atoms with Crippen molar-refractivity contribution >= 4 is 34.5 Å². The molecule has 0 saturated heterocycles. The molecule has 2 heterocycles. The number of carbonyl (C=O) groups is 3. The number of aromatic nitrogens is 4. The van der Waals surface area contributed by atoms with Crippen LogP contribution in [0.1, 0.15) is 37.1 Å². The summed E-state index contributed by atoms with van der Waals surface area (Å²) in [5, 5.41) is 25.5. The number of anilines is 1. The van der Waals surface area contributed by atoms with E-state index in [1.807, 2.05) is 54.6 Å². The van der Waals surface area contributed by atoms with Gasteiger partial charge < -0.3 is 25.8 Å². The number of nitrogens with zero attached hydrogens (tertiary/aromatic N) is 3. The lowest BCUT2D eigenvalue weighted by Crippen LogP contribution is -2.48. The van der Waals surface area contributed by atoms with Crippen LogP contribution in [0.2, 0.25) is 0 Å². The van der Waals surface area contributed by atoms with Crippen molar-refractivity contribution in [2.45, 2.75) is 44.8 Å². The molecule has 0 unspecified atom stereocenters. The highest BCUT2D eigenvalue weighted by molar-refractivity contribution is 5.98. The number of rotatable bonds is 12. The van der Waals surface area contributed by atoms with Crippen LogP contribution in [-0.4, -0.2) is 62.9 Å². The smallest absolute Gasteiger partial charge is 0.404 e. The molecule has 3 aromatic carbocycles. The van der Waals surface area contributed by atoms with E-state index in [0.29, 0.717) is 43.3 Å². The van der Waals surface area contributed by atoms with Crippen LogP contribution >= 0.6 is 0 Å². The quantitative estimate of drug-likeness (QED) is 0.115. The first kappa shape index (κ1) is 33.3. The molecule has 1 aliphatic rings. The van der Waals surface area contributed by atoms with Gasteiger partial charge >= 0.3 is 6.09 Å². The number of aromatic amines is 1. The summed E-state index contributed by atoms with van der Waals surface area (Å²) in [6, 6.07) is 24.3. The Hall–Kier alpha value is -5.62. The Morgan fingerprint density at radius 1 is 0.959 bits per heavy atom. The van der Waals surface area contributed by atoms with E-state index in [1.54, 1.807) is 25.4 Å². The Balaban J connectivity index is 1.19. The number of hydrogen-bond acceptors (Lipinski definition) is 7. The van der Waals surface area contributed by atoms with E-state index in [4.69, 9.17) is 9.84 Å². The normalized spacial score (nSPS) is 16.5. The van der Waals surface area contributed by atoms with Crippen LogP contribution in [0.15, 0.2) is 85.1 Å². The fourth-order valence-electron chi connectivity index (χ4n) is 6.37. The van der Waals surface area contributed by atoms with Crippen LogP contribution in [-0.2, 0) is 27.4 Å². The first-order valence-electron chi connectivity index (χ1n) is 16.4. The number of ether oxygens (including phenoxy) is 1. The molecule has 1 atom stereocenters. The highest BCUT2D eigenvalue weighted by atomic mass is 16.5. The summed E-state index contributed by atoms with van der Waals surface area (Å²) in [6.07, 6.45) is 3.75. The van der Waals surface area contributed by atoms with Gasteiger partial charge in [0.2, 0.25) is 11.8 Å². The van der Waals surface area contributed by atoms with Gasteiger partial charge in [-0.2, -0.15) is 5.10 Å². The largest absolute Gasteiger partial charge is 0.465 e. The maximum absolute atomic E-state index is 13.9. The van der Waals surface area contributed by atoms with Gasteiger partial charge in [-0.05, 0) is 84.7 Å². The second-order valence-electron chi connectivity index (χ2n) is 12.4. The van der Waals surface area contributed by atoms with Crippen LogP contribution < -0.4 is 16.0 Å². The first-order valence-corrected chi connectivity index (χ1v) is 16.4. The summed E-state index contributed by atoms with van der Waals surface area (Å²) in [5.41, 5.74) is 5.17. The van der Waals surface area contributed by atoms with E-state index in [0.717, 1.165) is 46.0 Å². The minimum atomic E-state index is -1.04. The van der Waals surface area contributed by atoms with E-state index in [9.17, 15) is 14.4 Å². The molecule has 1 aliphatic carbocycles. The predicted molar refractivity (Wildman–Crippen MR) is 185 cm³/mol. The molecule has 3 amide bonds. The molecule has 6 rings (SSSR count). The van der Waals surface area contributed by atoms with Gasteiger partial charge in [0.1, 0.15) is 12.6 Å². The lowest BCUT2D eigenvalue weighted by atomic mass is 9.81. The molecule has 0 spiro atoms. The van der Waals surface area contributed by atoms with Crippen molar-refractivity contribution in [2.75, 3.05) is 19.0 Å². The molecule has 12 nitrogen and oxygen atoms in total. The maximum atomic E-state index is 13.9. The van der Waals surface area contributed by atoms with Crippen molar-refractivity contribution in [3.8, 4) is 22.5 Å². The summed E-state index contributed by atoms with van der Waals surface area (Å²) in [7, 11) is 1.59. The Labute approximate surface area is 283 Å². The summed E-state index contributed by atoms with van der Waals surface area (Å²) < 4.78 is 5.10. The molecule has 252 valence electrons. The molecule has 1 saturated carbocycles. The fraction of sp³-hybridized carbons (Fsp3) is 0.297. The molecular weight excluding hydrogens is 622 g/mol. The Morgan fingerprint density at radius 2 is 1.76 bits per heavy atom. The van der Waals surface area contributed by atoms with Gasteiger partial charge in [0.15, 0.2) is 11.6 Å². The number of amides is 3. The Morgan fingerprint density at radius 3 is 2.53 bits per heavy atom. The maximum Gasteiger partial charge on any atom is 0.404 e. The molecule has 1 fully saturated rings. The molecule has 12 heteroatoms. The summed E-state index contributed by atoms with van der Waals surface area (Å²) >= 11 is 0. The monoisotopic (exact) mass is 661 g/mol. The minimum absolute atomic E-state index is 0.173. The van der Waals surface area contributed by atoms with Gasteiger partial charge in [0.05, 0.1) is 5.52 Å². The lowest BCUT2D eigenvalue weighted by molar-refractivity contribution is -0.130. The van der Waals surface area contributed by atoms with Crippen molar-refractivity contribution in [3.05, 3.63) is 96.4 Å². The van der Waals surface area contributed by atoms with Gasteiger partial charge in [0, 0.05) is 48.8 Å². The highest BCUT2D eigenvalue weighted by Crippen LogP contribution is 2.30. The van der Waals surface area contributed by atoms with Crippen LogP contribution in [0.5, 0.6) is 0 Å². The van der Waals surface area contributed by atoms with Crippen LogP contribution in [0.3, 0.4) is 0 Å². The second-order valence-corrected chi connectivity index (χ2v) is 12.4. The summed E-state index contributed by atoms with van der Waals surface area (Å²) in [4.78, 5) is 47.3. The molecule has 0 bridgehead atoms. The number of carbonyl (C=O) groups excluding carboxylic acids is 2. The van der Waals surface area contributed by atoms with E-state index >= 15 is 0 Å². The Bertz CT molecular complexity index is 1910. The van der Waals surface area contributed by atoms with Crippen LogP contribution in [0, 0.1) is 11.8 Å². The average Bonchev–Trinajstić information content (AvgIpc) is 3.59. The highest BCUT2D eigenvalue weighted by Gasteiger charge is 2.30. The number of nitrogens with one attached hydrogen (secondary N) is 4. The zero-order valence-electron chi connectivity index (χ0n) is 27.2. The van der Waals surface area contributed by atoms with Gasteiger partial charge in [-0.3, -0.25) is 19.7 Å². The van der Waals surface area contributed by atoms with E-state index in [-0.39, 0.29) is 30.1 Å². The topological polar surface area (TPSA) is 171 Å². The van der Waals surface area contributed by atoms with Crippen molar-refractivity contribution in [2.24, 2.45) is 11.8 Å². The number of fused-ring (bicyclic) bond motifs is 1. The zero-order valence-corrected chi connectivity index (χ0v) is 27.2. The van der Waals surface area contributed by atoms with Crippen LogP contribution in [0.4, 0.5) is 10.5 Å². The van der Waals surface area contributed by atoms with Gasteiger partial charge in [-0.25, -0.2) is 9.78 Å². The third-order valence-corrected chi connectivity index (χ3v) is 8.94. The van der Waals surface area contributed by atoms with Crippen molar-refractivity contribution in [1.29, 1.82) is 0 Å². The zero-order chi connectivity index (χ0) is 34.2. The molecule has 2 aromatic heterocycles. The van der Waals surface area contributed by atoms with E-state index < -0.39 is 12.1 Å². The third kappa shape index (κ3) is 8.46. The second kappa shape index (κ2) is 15.5. The van der Waals surface area contributed by atoms with Gasteiger partial charge in [-0.1, -0.05) is 42.5 Å². The Kier molecular flexibility index (Phi) is 10.5. The predicted octanol–water partition coefficient (Wildman–Crippen LogP) is 5.57. The number of methoxy groups -OCH3 is 1. The molecule has 5 N–H and O–H groups in total. The van der Waals surface area contributed by atoms with Gasteiger partial charge in [-0.15, -0.1) is 0 Å². The summed E-state index contributed by atoms with van der Waals surface area (Å²) in [6.45, 7) is 0.695. The van der Waals surface area contributed by atoms with Gasteiger partial charge in [0.25, 0.3) is 0 Å². The van der Waals surface area contributed by atoms with E-state index in [2.05, 4.69) is 48.2 Å². The van der Waals surface area contributed by atoms with Crippen molar-refractivity contribution < 1.29 is 24.2 Å². The van der Waals surface area contributed by atoms with Crippen molar-refractivity contribution in [1.82, 2.24) is 30.8 Å². The molecule has 0 radical (unpaired) electrons. The lowest BCUT2D eigenvalue weighted by Gasteiger charge is -2.29. The van der Waals surface area contributed by atoms with Crippen molar-refractivity contribution in [3.63, 3.8) is 0 Å². The SMILES string of the molecule is COCc1nc(-c2ccc(NC(=O)[C@H](Cc3cccc(-c4cccc5ncccc45)c3)NC(=O)C3CCC(CNC(=O)O)CC3)cc2)n[nH]1. The average molecular weight is 662 g/mol. The molecular formula is C37H39N7O5. The van der Waals surface area contributed by atoms with E-state index in [1.165, 1.54) is 0 Å². The minimum Gasteiger partial charge on any atom is -0.465 e. The molecule has 5 aromatic rings. The number of pyridine rings is 1. The summed E-state index contributed by atoms with van der Waals surface area (Å²) in [5.74, 6) is 0.561. The number of benzene rings is 3. The third-order valence-electron chi connectivity index (χ3n) is 8.94. The van der Waals surface area contributed by atoms with Crippen LogP contribution in [0.25, 0.3) is 33.4 Å².